The fraction of sp³-hybridized carbons (Fsp3) is 0.222. The van der Waals surface area contributed by atoms with Gasteiger partial charge in [0, 0.05) is 6.54 Å². The molecule has 2 amide bonds. The van der Waals surface area contributed by atoms with Crippen molar-refractivity contribution in [1.82, 2.24) is 10.6 Å². The standard InChI is InChI=1S/C18H19FN2O3/c1-13-7-8-14(9-16(13)19)10-20-17(22)11-21-18(23)12-24-15-5-3-2-4-6-15/h2-9H,10-12H2,1H3,(H,20,22)(H,21,23). The molecule has 0 saturated heterocycles. The number of hydrogen-bond donors (Lipinski definition) is 2. The number of carbonyl (C=O) groups is 2. The van der Waals surface area contributed by atoms with Crippen LogP contribution in [0.3, 0.4) is 0 Å². The van der Waals surface area contributed by atoms with Crippen molar-refractivity contribution in [2.24, 2.45) is 0 Å². The summed E-state index contributed by atoms with van der Waals surface area (Å²) in [6, 6.07) is 13.7. The predicted octanol–water partition coefficient (Wildman–Crippen LogP) is 1.95. The van der Waals surface area contributed by atoms with E-state index in [1.54, 1.807) is 43.3 Å². The maximum atomic E-state index is 13.4. The summed E-state index contributed by atoms with van der Waals surface area (Å²) in [6.45, 7) is 1.54. The van der Waals surface area contributed by atoms with Crippen LogP contribution in [0.15, 0.2) is 48.5 Å². The van der Waals surface area contributed by atoms with E-state index in [4.69, 9.17) is 4.74 Å². The Labute approximate surface area is 139 Å². The summed E-state index contributed by atoms with van der Waals surface area (Å²) in [7, 11) is 0. The average Bonchev–Trinajstić information content (AvgIpc) is 2.60. The molecule has 0 unspecified atom stereocenters. The van der Waals surface area contributed by atoms with E-state index in [9.17, 15) is 14.0 Å². The van der Waals surface area contributed by atoms with Crippen molar-refractivity contribution in [2.75, 3.05) is 13.2 Å². The van der Waals surface area contributed by atoms with Crippen molar-refractivity contribution >= 4 is 11.8 Å². The van der Waals surface area contributed by atoms with Crippen LogP contribution in [0.5, 0.6) is 5.75 Å². The Morgan fingerprint density at radius 2 is 1.79 bits per heavy atom. The van der Waals surface area contributed by atoms with Gasteiger partial charge in [0.1, 0.15) is 11.6 Å². The highest BCUT2D eigenvalue weighted by Gasteiger charge is 2.07. The number of hydrogen-bond acceptors (Lipinski definition) is 3. The molecular weight excluding hydrogens is 311 g/mol. The normalized spacial score (nSPS) is 10.1. The first-order chi connectivity index (χ1) is 11.5. The van der Waals surface area contributed by atoms with Crippen LogP contribution >= 0.6 is 0 Å². The van der Waals surface area contributed by atoms with Crippen LogP contribution in [-0.4, -0.2) is 25.0 Å². The van der Waals surface area contributed by atoms with Crippen molar-refractivity contribution in [2.45, 2.75) is 13.5 Å². The molecule has 6 heteroatoms. The van der Waals surface area contributed by atoms with Gasteiger partial charge in [0.2, 0.25) is 5.91 Å². The summed E-state index contributed by atoms with van der Waals surface area (Å²) in [6.07, 6.45) is 0. The number of aryl methyl sites for hydroxylation is 1. The molecule has 2 aromatic carbocycles. The molecule has 0 atom stereocenters. The lowest BCUT2D eigenvalue weighted by Gasteiger charge is -2.09. The second kappa shape index (κ2) is 8.67. The fourth-order valence-electron chi connectivity index (χ4n) is 1.90. The smallest absolute Gasteiger partial charge is 0.258 e. The highest BCUT2D eigenvalue weighted by Crippen LogP contribution is 2.09. The summed E-state index contributed by atoms with van der Waals surface area (Å²) in [5.41, 5.74) is 1.21. The molecule has 0 fully saturated rings. The van der Waals surface area contributed by atoms with Gasteiger partial charge in [0.05, 0.1) is 6.54 Å². The van der Waals surface area contributed by atoms with Crippen molar-refractivity contribution in [3.8, 4) is 5.75 Å². The summed E-state index contributed by atoms with van der Waals surface area (Å²) in [4.78, 5) is 23.3. The van der Waals surface area contributed by atoms with E-state index in [1.165, 1.54) is 6.07 Å². The molecule has 0 heterocycles. The van der Waals surface area contributed by atoms with Gasteiger partial charge in [0.15, 0.2) is 6.61 Å². The maximum Gasteiger partial charge on any atom is 0.258 e. The minimum absolute atomic E-state index is 0.161. The lowest BCUT2D eigenvalue weighted by atomic mass is 10.1. The average molecular weight is 330 g/mol. The molecule has 5 nitrogen and oxygen atoms in total. The molecule has 0 spiro atoms. The number of halogens is 1. The summed E-state index contributed by atoms with van der Waals surface area (Å²) in [5.74, 6) is -0.481. The number of benzene rings is 2. The quantitative estimate of drug-likeness (QED) is 0.815. The lowest BCUT2D eigenvalue weighted by Crippen LogP contribution is -2.38. The Kier molecular flexibility index (Phi) is 6.31. The molecule has 0 aliphatic carbocycles. The Morgan fingerprint density at radius 3 is 2.50 bits per heavy atom. The molecule has 0 aliphatic heterocycles. The third-order valence-corrected chi connectivity index (χ3v) is 3.29. The van der Waals surface area contributed by atoms with Crippen LogP contribution < -0.4 is 15.4 Å². The first-order valence-corrected chi connectivity index (χ1v) is 7.51. The van der Waals surface area contributed by atoms with Crippen molar-refractivity contribution in [3.63, 3.8) is 0 Å². The SMILES string of the molecule is Cc1ccc(CNC(=O)CNC(=O)COc2ccccc2)cc1F. The van der Waals surface area contributed by atoms with Crippen molar-refractivity contribution in [3.05, 3.63) is 65.5 Å². The van der Waals surface area contributed by atoms with Gasteiger partial charge in [-0.15, -0.1) is 0 Å². The number of amides is 2. The molecule has 0 aliphatic rings. The predicted molar refractivity (Wildman–Crippen MR) is 87.9 cm³/mol. The number of nitrogens with one attached hydrogen (secondary N) is 2. The van der Waals surface area contributed by atoms with Crippen LogP contribution in [0.2, 0.25) is 0 Å². The molecule has 2 aromatic rings. The monoisotopic (exact) mass is 330 g/mol. The first kappa shape index (κ1) is 17.5. The Hall–Kier alpha value is -2.89. The molecule has 0 aromatic heterocycles. The zero-order valence-corrected chi connectivity index (χ0v) is 13.3. The van der Waals surface area contributed by atoms with E-state index >= 15 is 0 Å². The molecule has 0 radical (unpaired) electrons. The zero-order valence-electron chi connectivity index (χ0n) is 13.3. The molecule has 2 rings (SSSR count). The molecule has 0 saturated carbocycles. The maximum absolute atomic E-state index is 13.4. The summed E-state index contributed by atoms with van der Waals surface area (Å²) in [5, 5.41) is 5.07. The lowest BCUT2D eigenvalue weighted by molar-refractivity contribution is -0.127. The van der Waals surface area contributed by atoms with E-state index in [0.29, 0.717) is 16.9 Å². The zero-order chi connectivity index (χ0) is 17.4. The Morgan fingerprint density at radius 1 is 1.04 bits per heavy atom. The first-order valence-electron chi connectivity index (χ1n) is 7.51. The minimum atomic E-state index is -0.393. The number of carbonyl (C=O) groups excluding carboxylic acids is 2. The van der Waals surface area contributed by atoms with Crippen LogP contribution in [0.4, 0.5) is 4.39 Å². The Bertz CT molecular complexity index is 705. The molecule has 24 heavy (non-hydrogen) atoms. The van der Waals surface area contributed by atoms with E-state index < -0.39 is 5.91 Å². The molecule has 126 valence electrons. The second-order valence-corrected chi connectivity index (χ2v) is 5.24. The van der Waals surface area contributed by atoms with Crippen LogP contribution in [0.25, 0.3) is 0 Å². The van der Waals surface area contributed by atoms with Gasteiger partial charge in [-0.1, -0.05) is 30.3 Å². The van der Waals surface area contributed by atoms with Crippen LogP contribution in [0, 0.1) is 12.7 Å². The second-order valence-electron chi connectivity index (χ2n) is 5.24. The van der Waals surface area contributed by atoms with E-state index in [2.05, 4.69) is 10.6 Å². The molecule has 2 N–H and O–H groups in total. The van der Waals surface area contributed by atoms with Gasteiger partial charge in [-0.2, -0.15) is 0 Å². The van der Waals surface area contributed by atoms with E-state index in [-0.39, 0.29) is 31.4 Å². The molecule has 0 bridgehead atoms. The third-order valence-electron chi connectivity index (χ3n) is 3.29. The van der Waals surface area contributed by atoms with Gasteiger partial charge in [-0.25, -0.2) is 4.39 Å². The van der Waals surface area contributed by atoms with E-state index in [1.807, 2.05) is 6.07 Å². The van der Waals surface area contributed by atoms with Crippen LogP contribution in [-0.2, 0) is 16.1 Å². The molecular formula is C18H19FN2O3. The minimum Gasteiger partial charge on any atom is -0.484 e. The van der Waals surface area contributed by atoms with Gasteiger partial charge >= 0.3 is 0 Å². The summed E-state index contributed by atoms with van der Waals surface area (Å²) < 4.78 is 18.7. The van der Waals surface area contributed by atoms with Gasteiger partial charge < -0.3 is 15.4 Å². The Balaban J connectivity index is 1.67. The fourth-order valence-corrected chi connectivity index (χ4v) is 1.90. The van der Waals surface area contributed by atoms with Gasteiger partial charge in [-0.05, 0) is 36.2 Å². The number of rotatable bonds is 7. The van der Waals surface area contributed by atoms with Gasteiger partial charge in [-0.3, -0.25) is 9.59 Å². The summed E-state index contributed by atoms with van der Waals surface area (Å²) >= 11 is 0. The number of para-hydroxylation sites is 1. The highest BCUT2D eigenvalue weighted by molar-refractivity contribution is 5.85. The topological polar surface area (TPSA) is 67.4 Å². The number of ether oxygens (including phenoxy) is 1. The third kappa shape index (κ3) is 5.72. The highest BCUT2D eigenvalue weighted by atomic mass is 19.1. The van der Waals surface area contributed by atoms with Gasteiger partial charge in [0.25, 0.3) is 5.91 Å². The largest absolute Gasteiger partial charge is 0.484 e. The van der Waals surface area contributed by atoms with Crippen molar-refractivity contribution in [1.29, 1.82) is 0 Å². The van der Waals surface area contributed by atoms with E-state index in [0.717, 1.165) is 0 Å². The van der Waals surface area contributed by atoms with Crippen LogP contribution in [0.1, 0.15) is 11.1 Å². The van der Waals surface area contributed by atoms with Crippen molar-refractivity contribution < 1.29 is 18.7 Å².